The van der Waals surface area contributed by atoms with Crippen LogP contribution in [0.2, 0.25) is 0 Å². The van der Waals surface area contributed by atoms with Crippen LogP contribution in [0.5, 0.6) is 0 Å². The average molecular weight is 208 g/mol. The van der Waals surface area contributed by atoms with Crippen LogP contribution in [0.3, 0.4) is 0 Å². The fourth-order valence-electron chi connectivity index (χ4n) is 2.05. The topological polar surface area (TPSA) is 50.2 Å². The van der Waals surface area contributed by atoms with Gasteiger partial charge >= 0.3 is 0 Å². The standard InChI is InChI=1S/C10H16N4O/c1-8-9(7-15)10(13(2)12-8)14-5-3-11-4-6-14/h7,11H,3-6H2,1-2H3. The van der Waals surface area contributed by atoms with E-state index in [1.807, 2.05) is 14.0 Å². The van der Waals surface area contributed by atoms with Gasteiger partial charge in [-0.15, -0.1) is 0 Å². The van der Waals surface area contributed by atoms with Crippen molar-refractivity contribution in [3.8, 4) is 0 Å². The first-order valence-corrected chi connectivity index (χ1v) is 5.18. The molecule has 1 N–H and O–H groups in total. The Labute approximate surface area is 89.1 Å². The molecule has 0 unspecified atom stereocenters. The van der Waals surface area contributed by atoms with E-state index in [0.29, 0.717) is 0 Å². The molecule has 0 saturated carbocycles. The molecule has 15 heavy (non-hydrogen) atoms. The summed E-state index contributed by atoms with van der Waals surface area (Å²) in [4.78, 5) is 13.2. The van der Waals surface area contributed by atoms with E-state index in [9.17, 15) is 4.79 Å². The van der Waals surface area contributed by atoms with Gasteiger partial charge in [0.1, 0.15) is 5.82 Å². The molecule has 2 rings (SSSR count). The van der Waals surface area contributed by atoms with Gasteiger partial charge in [-0.25, -0.2) is 0 Å². The summed E-state index contributed by atoms with van der Waals surface area (Å²) in [6.07, 6.45) is 0.902. The Bertz CT molecular complexity index is 366. The maximum Gasteiger partial charge on any atom is 0.155 e. The first-order valence-electron chi connectivity index (χ1n) is 5.18. The SMILES string of the molecule is Cc1nn(C)c(N2CCNCC2)c1C=O. The molecule has 1 aliphatic heterocycles. The molecule has 2 heterocycles. The summed E-state index contributed by atoms with van der Waals surface area (Å²) in [5.41, 5.74) is 1.53. The minimum absolute atomic E-state index is 0.722. The molecular formula is C10H16N4O. The first-order chi connectivity index (χ1) is 7.24. The number of nitrogens with zero attached hydrogens (tertiary/aromatic N) is 3. The quantitative estimate of drug-likeness (QED) is 0.692. The molecule has 0 atom stereocenters. The van der Waals surface area contributed by atoms with Crippen molar-refractivity contribution in [2.45, 2.75) is 6.92 Å². The lowest BCUT2D eigenvalue weighted by Crippen LogP contribution is -2.44. The molecular weight excluding hydrogens is 192 g/mol. The zero-order valence-electron chi connectivity index (χ0n) is 9.16. The Hall–Kier alpha value is -1.36. The number of carbonyl (C=O) groups is 1. The third-order valence-corrected chi connectivity index (χ3v) is 2.77. The normalized spacial score (nSPS) is 16.8. The average Bonchev–Trinajstić information content (AvgIpc) is 2.54. The van der Waals surface area contributed by atoms with E-state index >= 15 is 0 Å². The molecule has 1 fully saturated rings. The second-order valence-corrected chi connectivity index (χ2v) is 3.80. The number of carbonyl (C=O) groups excluding carboxylic acids is 1. The van der Waals surface area contributed by atoms with E-state index in [-0.39, 0.29) is 0 Å². The Balaban J connectivity index is 2.36. The Kier molecular flexibility index (Phi) is 2.73. The van der Waals surface area contributed by atoms with Crippen LogP contribution < -0.4 is 10.2 Å². The lowest BCUT2D eigenvalue weighted by Gasteiger charge is -2.29. The van der Waals surface area contributed by atoms with Gasteiger partial charge in [0.05, 0.1) is 11.3 Å². The number of aldehydes is 1. The summed E-state index contributed by atoms with van der Waals surface area (Å²) in [5.74, 6) is 0.948. The molecule has 0 amide bonds. The Morgan fingerprint density at radius 2 is 2.07 bits per heavy atom. The molecule has 0 spiro atoms. The number of aromatic nitrogens is 2. The van der Waals surface area contributed by atoms with E-state index in [2.05, 4.69) is 15.3 Å². The van der Waals surface area contributed by atoms with Crippen molar-refractivity contribution < 1.29 is 4.79 Å². The van der Waals surface area contributed by atoms with E-state index in [1.165, 1.54) is 0 Å². The zero-order chi connectivity index (χ0) is 10.8. The number of hydrogen-bond acceptors (Lipinski definition) is 4. The highest BCUT2D eigenvalue weighted by molar-refractivity contribution is 5.84. The molecule has 1 aromatic rings. The number of piperazine rings is 1. The highest BCUT2D eigenvalue weighted by atomic mass is 16.1. The first kappa shape index (κ1) is 10.2. The second-order valence-electron chi connectivity index (χ2n) is 3.80. The van der Waals surface area contributed by atoms with E-state index in [1.54, 1.807) is 4.68 Å². The Morgan fingerprint density at radius 1 is 1.40 bits per heavy atom. The van der Waals surface area contributed by atoms with Gasteiger partial charge in [-0.3, -0.25) is 9.48 Å². The van der Waals surface area contributed by atoms with Crippen LogP contribution >= 0.6 is 0 Å². The number of rotatable bonds is 2. The Morgan fingerprint density at radius 3 is 2.67 bits per heavy atom. The summed E-state index contributed by atoms with van der Waals surface area (Å²) < 4.78 is 1.80. The van der Waals surface area contributed by atoms with Crippen molar-refractivity contribution in [2.75, 3.05) is 31.1 Å². The van der Waals surface area contributed by atoms with E-state index < -0.39 is 0 Å². The van der Waals surface area contributed by atoms with Gasteiger partial charge in [0.25, 0.3) is 0 Å². The molecule has 0 bridgehead atoms. The van der Waals surface area contributed by atoms with Crippen molar-refractivity contribution in [2.24, 2.45) is 7.05 Å². The van der Waals surface area contributed by atoms with Crippen LogP contribution in [-0.4, -0.2) is 42.2 Å². The summed E-state index contributed by atoms with van der Waals surface area (Å²) in [6, 6.07) is 0. The zero-order valence-corrected chi connectivity index (χ0v) is 9.16. The highest BCUT2D eigenvalue weighted by Gasteiger charge is 2.20. The largest absolute Gasteiger partial charge is 0.354 e. The van der Waals surface area contributed by atoms with Gasteiger partial charge in [0.15, 0.2) is 6.29 Å². The van der Waals surface area contributed by atoms with Crippen molar-refractivity contribution in [1.82, 2.24) is 15.1 Å². The lowest BCUT2D eigenvalue weighted by atomic mass is 10.2. The van der Waals surface area contributed by atoms with Crippen LogP contribution in [0, 0.1) is 6.92 Å². The molecule has 1 saturated heterocycles. The molecule has 5 heteroatoms. The summed E-state index contributed by atoms with van der Waals surface area (Å²) in [5, 5.41) is 7.57. The van der Waals surface area contributed by atoms with Crippen molar-refractivity contribution in [1.29, 1.82) is 0 Å². The molecule has 0 aromatic carbocycles. The van der Waals surface area contributed by atoms with E-state index in [4.69, 9.17) is 0 Å². The van der Waals surface area contributed by atoms with Crippen molar-refractivity contribution in [3.63, 3.8) is 0 Å². The van der Waals surface area contributed by atoms with Gasteiger partial charge in [0, 0.05) is 33.2 Å². The smallest absolute Gasteiger partial charge is 0.155 e. The highest BCUT2D eigenvalue weighted by Crippen LogP contribution is 2.21. The summed E-state index contributed by atoms with van der Waals surface area (Å²) >= 11 is 0. The third-order valence-electron chi connectivity index (χ3n) is 2.77. The van der Waals surface area contributed by atoms with E-state index in [0.717, 1.165) is 49.5 Å². The maximum atomic E-state index is 11.0. The van der Waals surface area contributed by atoms with Gasteiger partial charge in [-0.2, -0.15) is 5.10 Å². The van der Waals surface area contributed by atoms with Gasteiger partial charge in [-0.05, 0) is 6.92 Å². The van der Waals surface area contributed by atoms with Crippen molar-refractivity contribution >= 4 is 12.1 Å². The summed E-state index contributed by atoms with van der Waals surface area (Å²) in [6.45, 7) is 5.65. The minimum atomic E-state index is 0.722. The molecule has 1 aromatic heterocycles. The van der Waals surface area contributed by atoms with Crippen LogP contribution in [-0.2, 0) is 7.05 Å². The fourth-order valence-corrected chi connectivity index (χ4v) is 2.05. The molecule has 0 aliphatic carbocycles. The summed E-state index contributed by atoms with van der Waals surface area (Å²) in [7, 11) is 1.89. The van der Waals surface area contributed by atoms with Gasteiger partial charge in [0.2, 0.25) is 0 Å². The number of hydrogen-bond donors (Lipinski definition) is 1. The van der Waals surface area contributed by atoms with Crippen LogP contribution in [0.4, 0.5) is 5.82 Å². The number of nitrogens with one attached hydrogen (secondary N) is 1. The monoisotopic (exact) mass is 208 g/mol. The maximum absolute atomic E-state index is 11.0. The lowest BCUT2D eigenvalue weighted by molar-refractivity contribution is 0.112. The third kappa shape index (κ3) is 1.74. The van der Waals surface area contributed by atoms with Crippen LogP contribution in [0.25, 0.3) is 0 Å². The van der Waals surface area contributed by atoms with Crippen molar-refractivity contribution in [3.05, 3.63) is 11.3 Å². The minimum Gasteiger partial charge on any atom is -0.354 e. The van der Waals surface area contributed by atoms with Gasteiger partial charge < -0.3 is 10.2 Å². The van der Waals surface area contributed by atoms with Crippen LogP contribution in [0.15, 0.2) is 0 Å². The second kappa shape index (κ2) is 4.02. The predicted molar refractivity (Wildman–Crippen MR) is 58.4 cm³/mol. The number of aryl methyl sites for hydroxylation is 2. The predicted octanol–water partition coefficient (Wildman–Crippen LogP) is -0.0494. The van der Waals surface area contributed by atoms with Crippen LogP contribution in [0.1, 0.15) is 16.1 Å². The molecule has 5 nitrogen and oxygen atoms in total. The molecule has 82 valence electrons. The number of anilines is 1. The van der Waals surface area contributed by atoms with Gasteiger partial charge in [-0.1, -0.05) is 0 Å². The molecule has 1 aliphatic rings. The molecule has 0 radical (unpaired) electrons. The fraction of sp³-hybridized carbons (Fsp3) is 0.600.